The average Bonchev–Trinajstić information content (AvgIpc) is 3.38. The number of likely N-dealkylation sites (tertiary alicyclic amines) is 1. The van der Waals surface area contributed by atoms with Gasteiger partial charge in [-0.05, 0) is 65.8 Å². The highest BCUT2D eigenvalue weighted by Gasteiger charge is 2.36. The van der Waals surface area contributed by atoms with Crippen molar-refractivity contribution in [3.63, 3.8) is 0 Å². The predicted molar refractivity (Wildman–Crippen MR) is 136 cm³/mol. The van der Waals surface area contributed by atoms with Gasteiger partial charge in [0, 0.05) is 28.5 Å². The van der Waals surface area contributed by atoms with E-state index in [-0.39, 0.29) is 14.8 Å². The Morgan fingerprint density at radius 3 is 2.45 bits per heavy atom. The number of halogens is 7. The Labute approximate surface area is 231 Å². The van der Waals surface area contributed by atoms with Crippen LogP contribution < -0.4 is 9.46 Å². The van der Waals surface area contributed by atoms with Crippen molar-refractivity contribution >= 4 is 54.7 Å². The third-order valence-corrected chi connectivity index (χ3v) is 10.8. The first-order chi connectivity index (χ1) is 17.6. The van der Waals surface area contributed by atoms with Crippen molar-refractivity contribution in [3.05, 3.63) is 64.1 Å². The maximum atomic E-state index is 13.6. The summed E-state index contributed by atoms with van der Waals surface area (Å²) in [4.78, 5) is 2.16. The quantitative estimate of drug-likeness (QED) is 0.265. The van der Waals surface area contributed by atoms with Crippen LogP contribution in [0, 0.1) is 0 Å². The van der Waals surface area contributed by atoms with Crippen LogP contribution in [0.4, 0.5) is 32.0 Å². The molecule has 1 aliphatic rings. The van der Waals surface area contributed by atoms with Gasteiger partial charge in [0.05, 0.1) is 21.0 Å². The molecule has 1 N–H and O–H groups in total. The van der Waals surface area contributed by atoms with Crippen molar-refractivity contribution in [2.24, 2.45) is 0 Å². The maximum Gasteiger partial charge on any atom is 0.419 e. The molecule has 1 aromatic heterocycles. The summed E-state index contributed by atoms with van der Waals surface area (Å²) in [6.45, 7) is 1.09. The van der Waals surface area contributed by atoms with Gasteiger partial charge in [0.25, 0.3) is 10.0 Å². The molecule has 0 spiro atoms. The summed E-state index contributed by atoms with van der Waals surface area (Å²) in [7, 11) is -2.42. The topological polar surface area (TPSA) is 58.6 Å². The molecule has 0 radical (unpaired) electrons. The summed E-state index contributed by atoms with van der Waals surface area (Å²) in [5.74, 6) is -0.480. The zero-order valence-corrected chi connectivity index (χ0v) is 23.4. The molecule has 5 nitrogen and oxygen atoms in total. The maximum absolute atomic E-state index is 13.6. The van der Waals surface area contributed by atoms with Crippen molar-refractivity contribution in [2.75, 3.05) is 24.9 Å². The van der Waals surface area contributed by atoms with Gasteiger partial charge in [0.2, 0.25) is 0 Å². The Kier molecular flexibility index (Phi) is 8.34. The first-order valence-corrected chi connectivity index (χ1v) is 14.8. The highest BCUT2D eigenvalue weighted by atomic mass is 79.9. The number of anilines is 1. The molecule has 206 valence electrons. The lowest BCUT2D eigenvalue weighted by Crippen LogP contribution is -2.23. The summed E-state index contributed by atoms with van der Waals surface area (Å²) in [6, 6.07) is 8.62. The van der Waals surface area contributed by atoms with Gasteiger partial charge < -0.3 is 9.64 Å². The Hall–Kier alpha value is -1.94. The van der Waals surface area contributed by atoms with Crippen molar-refractivity contribution in [3.8, 4) is 5.75 Å². The second-order valence-electron chi connectivity index (χ2n) is 8.43. The fraction of sp³-hybridized carbons (Fsp3) is 0.304. The van der Waals surface area contributed by atoms with Gasteiger partial charge in [-0.15, -0.1) is 11.3 Å². The number of nitrogens with one attached hydrogen (secondary N) is 1. The fourth-order valence-electron chi connectivity index (χ4n) is 3.67. The van der Waals surface area contributed by atoms with Crippen LogP contribution in [0.25, 0.3) is 0 Å². The minimum Gasteiger partial charge on any atom is -0.488 e. The molecule has 0 aliphatic carbocycles. The van der Waals surface area contributed by atoms with Crippen LogP contribution in [0.1, 0.15) is 17.5 Å². The van der Waals surface area contributed by atoms with Crippen molar-refractivity contribution < 1.29 is 39.5 Å². The molecule has 1 saturated heterocycles. The van der Waals surface area contributed by atoms with Gasteiger partial charge in [-0.2, -0.15) is 26.3 Å². The monoisotopic (exact) mass is 660 g/mol. The minimum absolute atomic E-state index is 0.129. The lowest BCUT2D eigenvalue weighted by atomic mass is 10.1. The number of nitrogens with zero attached hydrogens (tertiary/aromatic N) is 1. The average molecular weight is 662 g/mol. The fourth-order valence-corrected chi connectivity index (χ4v) is 8.41. The summed E-state index contributed by atoms with van der Waals surface area (Å²) < 4.78 is 114. The number of likely N-dealkylation sites (N-methyl/N-ethyl adjacent to an activating group) is 1. The Bertz CT molecular complexity index is 1430. The molecular weight excluding hydrogens is 642 g/mol. The molecule has 4 rings (SSSR count). The molecule has 2 heterocycles. The number of alkyl halides is 6. The van der Waals surface area contributed by atoms with Crippen LogP contribution in [0.15, 0.2) is 66.3 Å². The number of ether oxygens (including phenoxy) is 1. The van der Waals surface area contributed by atoms with Gasteiger partial charge in [-0.1, -0.05) is 17.8 Å². The van der Waals surface area contributed by atoms with E-state index in [0.717, 1.165) is 53.4 Å². The largest absolute Gasteiger partial charge is 0.488 e. The first kappa shape index (κ1) is 29.1. The second-order valence-corrected chi connectivity index (χ2v) is 13.6. The van der Waals surface area contributed by atoms with Gasteiger partial charge in [-0.25, -0.2) is 8.42 Å². The normalized spacial score (nSPS) is 17.1. The Balaban J connectivity index is 1.57. The second kappa shape index (κ2) is 10.9. The van der Waals surface area contributed by atoms with E-state index >= 15 is 0 Å². The van der Waals surface area contributed by atoms with Crippen molar-refractivity contribution in [2.45, 2.75) is 38.2 Å². The zero-order valence-electron chi connectivity index (χ0n) is 19.4. The van der Waals surface area contributed by atoms with Crippen LogP contribution in [0.2, 0.25) is 0 Å². The molecule has 0 saturated carbocycles. The highest BCUT2D eigenvalue weighted by Crippen LogP contribution is 2.44. The van der Waals surface area contributed by atoms with Crippen molar-refractivity contribution in [1.82, 2.24) is 4.90 Å². The summed E-state index contributed by atoms with van der Waals surface area (Å²) >= 11 is 4.98. The standard InChI is InChI=1S/C23H19BrF6N2O3S3/c1-32-8-7-15(12-32)35-19-10-14(5-6-17(19)23(28,29)30)31-38(33,34)20-11-18(24)21(37-20)36-16-4-2-3-13(9-16)22(25,26)27/h2-6,9-11,15,31H,7-8,12H2,1H3/t15-/m1/s1. The number of hydrogen-bond donors (Lipinski definition) is 1. The van der Waals surface area contributed by atoms with Crippen molar-refractivity contribution in [1.29, 1.82) is 0 Å². The molecule has 3 aromatic rings. The number of hydrogen-bond acceptors (Lipinski definition) is 6. The number of thiophene rings is 1. The summed E-state index contributed by atoms with van der Waals surface area (Å²) in [6.07, 6.45) is -9.18. The van der Waals surface area contributed by atoms with Gasteiger partial charge in [0.1, 0.15) is 16.1 Å². The number of sulfonamides is 1. The van der Waals surface area contributed by atoms with Gasteiger partial charge >= 0.3 is 12.4 Å². The van der Waals surface area contributed by atoms with Crippen LogP contribution in [-0.4, -0.2) is 39.6 Å². The highest BCUT2D eigenvalue weighted by molar-refractivity contribution is 9.10. The minimum atomic E-state index is -4.70. The van der Waals surface area contributed by atoms with Crippen LogP contribution >= 0.6 is 39.0 Å². The van der Waals surface area contributed by atoms with Gasteiger partial charge in [-0.3, -0.25) is 4.72 Å². The molecule has 0 bridgehead atoms. The third-order valence-electron chi connectivity index (χ3n) is 5.45. The van der Waals surface area contributed by atoms with Gasteiger partial charge in [0.15, 0.2) is 0 Å². The molecule has 1 atom stereocenters. The molecule has 1 aliphatic heterocycles. The lowest BCUT2D eigenvalue weighted by Gasteiger charge is -2.19. The smallest absolute Gasteiger partial charge is 0.419 e. The predicted octanol–water partition coefficient (Wildman–Crippen LogP) is 7.58. The lowest BCUT2D eigenvalue weighted by molar-refractivity contribution is -0.139. The molecular formula is C23H19BrF6N2O3S3. The van der Waals surface area contributed by atoms with E-state index in [2.05, 4.69) is 20.7 Å². The van der Waals surface area contributed by atoms with Crippen LogP contribution in [-0.2, 0) is 22.4 Å². The van der Waals surface area contributed by atoms with E-state index in [1.165, 1.54) is 18.2 Å². The molecule has 38 heavy (non-hydrogen) atoms. The molecule has 2 aromatic carbocycles. The number of benzene rings is 2. The molecule has 1 fully saturated rings. The molecule has 0 unspecified atom stereocenters. The van der Waals surface area contributed by atoms with E-state index in [4.69, 9.17) is 4.74 Å². The third kappa shape index (κ3) is 6.97. The number of rotatable bonds is 7. The SMILES string of the molecule is CN1CC[C@@H](Oc2cc(NS(=O)(=O)c3cc(Br)c(Sc4cccc(C(F)(F)F)c4)s3)ccc2C(F)(F)F)C1. The van der Waals surface area contributed by atoms with E-state index in [1.807, 2.05) is 11.9 Å². The molecule has 0 amide bonds. The van der Waals surface area contributed by atoms with E-state index < -0.39 is 45.4 Å². The Morgan fingerprint density at radius 2 is 1.82 bits per heavy atom. The van der Waals surface area contributed by atoms with Crippen LogP contribution in [0.5, 0.6) is 5.75 Å². The van der Waals surface area contributed by atoms with E-state index in [9.17, 15) is 34.8 Å². The summed E-state index contributed by atoms with van der Waals surface area (Å²) in [5, 5.41) is 0. The Morgan fingerprint density at radius 1 is 1.08 bits per heavy atom. The van der Waals surface area contributed by atoms with E-state index in [1.54, 1.807) is 0 Å². The molecule has 15 heteroatoms. The van der Waals surface area contributed by atoms with E-state index in [0.29, 0.717) is 28.2 Å². The first-order valence-electron chi connectivity index (χ1n) is 10.9. The zero-order chi connectivity index (χ0) is 27.9. The van der Waals surface area contributed by atoms with Crippen LogP contribution in [0.3, 0.4) is 0 Å². The summed E-state index contributed by atoms with van der Waals surface area (Å²) in [5.41, 5.74) is -1.99.